The molecule has 0 aromatic carbocycles. The van der Waals surface area contributed by atoms with Crippen molar-refractivity contribution >= 4 is 0 Å². The molecule has 0 aliphatic carbocycles. The van der Waals surface area contributed by atoms with Crippen molar-refractivity contribution in [3.63, 3.8) is 0 Å². The van der Waals surface area contributed by atoms with E-state index in [1.807, 2.05) is 4.98 Å². The summed E-state index contributed by atoms with van der Waals surface area (Å²) < 4.78 is 10.3. The lowest BCUT2D eigenvalue weighted by Crippen LogP contribution is -2.56. The lowest BCUT2D eigenvalue weighted by Gasteiger charge is -2.37. The molecule has 2 heterocycles. The van der Waals surface area contributed by atoms with Gasteiger partial charge < -0.3 is 29.8 Å². The highest BCUT2D eigenvalue weighted by Gasteiger charge is 2.65. The zero-order chi connectivity index (χ0) is 15.1. The molecular formula is C11H16N2O7. The van der Waals surface area contributed by atoms with Crippen LogP contribution in [0.15, 0.2) is 15.8 Å². The van der Waals surface area contributed by atoms with Gasteiger partial charge in [-0.15, -0.1) is 0 Å². The van der Waals surface area contributed by atoms with Gasteiger partial charge in [-0.25, -0.2) is 4.79 Å². The molecule has 0 amide bonds. The van der Waals surface area contributed by atoms with Crippen molar-refractivity contribution in [2.24, 2.45) is 0 Å². The lowest BCUT2D eigenvalue weighted by atomic mass is 9.86. The van der Waals surface area contributed by atoms with E-state index in [9.17, 15) is 19.8 Å². The highest BCUT2D eigenvalue weighted by atomic mass is 16.7. The maximum absolute atomic E-state index is 11.9. The molecular weight excluding hydrogens is 272 g/mol. The molecule has 2 rings (SSSR count). The first-order valence-electron chi connectivity index (χ1n) is 5.87. The van der Waals surface area contributed by atoms with Crippen molar-refractivity contribution < 1.29 is 24.8 Å². The molecule has 0 spiro atoms. The Balaban J connectivity index is 2.62. The van der Waals surface area contributed by atoms with Gasteiger partial charge in [0.25, 0.3) is 5.56 Å². The molecule has 1 aliphatic heterocycles. The summed E-state index contributed by atoms with van der Waals surface area (Å²) in [5.41, 5.74) is -3.43. The number of aromatic amines is 2. The number of hydrogen-bond donors (Lipinski definition) is 5. The molecule has 4 atom stereocenters. The topological polar surface area (TPSA) is 145 Å². The molecule has 9 nitrogen and oxygen atoms in total. The molecule has 20 heavy (non-hydrogen) atoms. The van der Waals surface area contributed by atoms with Crippen LogP contribution in [0.5, 0.6) is 0 Å². The normalized spacial score (nSPS) is 37.2. The van der Waals surface area contributed by atoms with Gasteiger partial charge in [0.1, 0.15) is 12.2 Å². The van der Waals surface area contributed by atoms with Gasteiger partial charge in [-0.2, -0.15) is 0 Å². The number of aromatic nitrogens is 2. The highest BCUT2D eigenvalue weighted by Crippen LogP contribution is 2.45. The van der Waals surface area contributed by atoms with Gasteiger partial charge in [-0.05, 0) is 6.92 Å². The van der Waals surface area contributed by atoms with E-state index in [2.05, 4.69) is 4.98 Å². The van der Waals surface area contributed by atoms with Crippen LogP contribution in [0.4, 0.5) is 0 Å². The van der Waals surface area contributed by atoms with E-state index in [1.54, 1.807) is 0 Å². The fourth-order valence-electron chi connectivity index (χ4n) is 2.46. The molecule has 5 N–H and O–H groups in total. The van der Waals surface area contributed by atoms with Crippen molar-refractivity contribution in [1.82, 2.24) is 9.97 Å². The molecule has 0 radical (unpaired) electrons. The Bertz CT molecular complexity index is 611. The van der Waals surface area contributed by atoms with Crippen molar-refractivity contribution in [2.75, 3.05) is 13.7 Å². The summed E-state index contributed by atoms with van der Waals surface area (Å²) in [5, 5.41) is 29.7. The van der Waals surface area contributed by atoms with Crippen LogP contribution >= 0.6 is 0 Å². The van der Waals surface area contributed by atoms with Crippen LogP contribution in [0.1, 0.15) is 12.5 Å². The number of hydrogen-bond acceptors (Lipinski definition) is 7. The maximum Gasteiger partial charge on any atom is 0.325 e. The average molecular weight is 288 g/mol. The third-order valence-electron chi connectivity index (χ3n) is 3.65. The van der Waals surface area contributed by atoms with Crippen molar-refractivity contribution in [1.29, 1.82) is 0 Å². The summed E-state index contributed by atoms with van der Waals surface area (Å²) in [6.07, 6.45) is -1.65. The molecule has 0 unspecified atom stereocenters. The van der Waals surface area contributed by atoms with Gasteiger partial charge in [0.15, 0.2) is 5.60 Å². The largest absolute Gasteiger partial charge is 0.394 e. The van der Waals surface area contributed by atoms with Crippen molar-refractivity contribution in [2.45, 2.75) is 30.5 Å². The first-order valence-corrected chi connectivity index (χ1v) is 5.87. The molecule has 1 saturated heterocycles. The van der Waals surface area contributed by atoms with Crippen molar-refractivity contribution in [3.05, 3.63) is 32.6 Å². The Morgan fingerprint density at radius 1 is 1.50 bits per heavy atom. The first kappa shape index (κ1) is 14.9. The van der Waals surface area contributed by atoms with E-state index in [-0.39, 0.29) is 5.56 Å². The Labute approximate surface area is 112 Å². The highest BCUT2D eigenvalue weighted by molar-refractivity contribution is 5.23. The molecule has 1 fully saturated rings. The summed E-state index contributed by atoms with van der Waals surface area (Å²) in [6, 6.07) is 0. The maximum atomic E-state index is 11.9. The summed E-state index contributed by atoms with van der Waals surface area (Å²) >= 11 is 0. The van der Waals surface area contributed by atoms with Crippen LogP contribution in [0.2, 0.25) is 0 Å². The Morgan fingerprint density at radius 3 is 2.65 bits per heavy atom. The quantitative estimate of drug-likeness (QED) is 0.382. The van der Waals surface area contributed by atoms with Gasteiger partial charge in [-0.3, -0.25) is 9.78 Å². The summed E-state index contributed by atoms with van der Waals surface area (Å²) in [7, 11) is 1.13. The number of H-pyrrole nitrogens is 2. The SMILES string of the molecule is CO[C@@]1(O)[C@H](O)[C@@H](CO)O[C@@]1(C)c1c[nH]c(=O)[nH]c1=O. The standard InChI is InChI=1S/C11H16N2O7/c1-10(5-3-12-9(17)13-8(5)16)11(18,19-2)7(15)6(4-14)20-10/h3,6-7,14-15,18H,4H2,1-2H3,(H2,12,13,16,17)/t6-,7-,10+,11+/m1/s1. The molecule has 0 bridgehead atoms. The molecule has 1 aliphatic rings. The van der Waals surface area contributed by atoms with E-state index in [0.717, 1.165) is 13.3 Å². The second-order valence-corrected chi connectivity index (χ2v) is 4.70. The van der Waals surface area contributed by atoms with Gasteiger partial charge in [0.05, 0.1) is 12.2 Å². The van der Waals surface area contributed by atoms with Crippen LogP contribution in [0.3, 0.4) is 0 Å². The van der Waals surface area contributed by atoms with Crippen LogP contribution < -0.4 is 11.2 Å². The first-order chi connectivity index (χ1) is 9.30. The Hall–Kier alpha value is -1.52. The van der Waals surface area contributed by atoms with Crippen LogP contribution in [-0.2, 0) is 15.1 Å². The van der Waals surface area contributed by atoms with Gasteiger partial charge in [0, 0.05) is 13.3 Å². The summed E-state index contributed by atoms with van der Waals surface area (Å²) in [5.74, 6) is -2.26. The lowest BCUT2D eigenvalue weighted by molar-refractivity contribution is -0.283. The molecule has 1 aromatic rings. The van der Waals surface area contributed by atoms with E-state index < -0.39 is 41.5 Å². The second-order valence-electron chi connectivity index (χ2n) is 4.70. The predicted octanol–water partition coefficient (Wildman–Crippen LogP) is -2.63. The number of aliphatic hydroxyl groups excluding tert-OH is 2. The number of aliphatic hydroxyl groups is 3. The number of nitrogens with one attached hydrogen (secondary N) is 2. The fraction of sp³-hybridized carbons (Fsp3) is 0.636. The smallest absolute Gasteiger partial charge is 0.325 e. The van der Waals surface area contributed by atoms with Crippen LogP contribution in [0, 0.1) is 0 Å². The van der Waals surface area contributed by atoms with E-state index in [4.69, 9.17) is 14.6 Å². The van der Waals surface area contributed by atoms with E-state index in [0.29, 0.717) is 0 Å². The number of ether oxygens (including phenoxy) is 2. The van der Waals surface area contributed by atoms with Crippen molar-refractivity contribution in [3.8, 4) is 0 Å². The second kappa shape index (κ2) is 4.79. The Kier molecular flexibility index (Phi) is 3.56. The average Bonchev–Trinajstić information content (AvgIpc) is 2.61. The van der Waals surface area contributed by atoms with Crippen LogP contribution in [0.25, 0.3) is 0 Å². The number of methoxy groups -OCH3 is 1. The zero-order valence-electron chi connectivity index (χ0n) is 10.9. The Morgan fingerprint density at radius 2 is 2.15 bits per heavy atom. The molecule has 9 heteroatoms. The minimum absolute atomic E-state index is 0.142. The monoisotopic (exact) mass is 288 g/mol. The van der Waals surface area contributed by atoms with E-state index in [1.165, 1.54) is 6.92 Å². The van der Waals surface area contributed by atoms with E-state index >= 15 is 0 Å². The van der Waals surface area contributed by atoms with Crippen LogP contribution in [-0.4, -0.2) is 57.0 Å². The third-order valence-corrected chi connectivity index (χ3v) is 3.65. The number of rotatable bonds is 3. The zero-order valence-corrected chi connectivity index (χ0v) is 10.9. The van der Waals surface area contributed by atoms with Gasteiger partial charge in [-0.1, -0.05) is 0 Å². The van der Waals surface area contributed by atoms with Gasteiger partial charge in [0.2, 0.25) is 5.79 Å². The minimum atomic E-state index is -2.26. The third kappa shape index (κ3) is 1.83. The molecule has 1 aromatic heterocycles. The molecule has 112 valence electrons. The molecule has 0 saturated carbocycles. The van der Waals surface area contributed by atoms with Gasteiger partial charge >= 0.3 is 5.69 Å². The minimum Gasteiger partial charge on any atom is -0.394 e. The summed E-state index contributed by atoms with van der Waals surface area (Å²) in [6.45, 7) is 0.738. The fourth-order valence-corrected chi connectivity index (χ4v) is 2.46. The summed E-state index contributed by atoms with van der Waals surface area (Å²) in [4.78, 5) is 27.2. The predicted molar refractivity (Wildman–Crippen MR) is 65.0 cm³/mol.